The Morgan fingerprint density at radius 1 is 1.23 bits per heavy atom. The van der Waals surface area contributed by atoms with Crippen LogP contribution in [0.3, 0.4) is 0 Å². The van der Waals surface area contributed by atoms with Gasteiger partial charge in [0.2, 0.25) is 15.9 Å². The highest BCUT2D eigenvalue weighted by Gasteiger charge is 2.24. The van der Waals surface area contributed by atoms with Gasteiger partial charge in [0.25, 0.3) is 0 Å². The lowest BCUT2D eigenvalue weighted by atomic mass is 10.0. The number of nitrogens with zero attached hydrogens (tertiary/aromatic N) is 1. The molecule has 0 radical (unpaired) electrons. The van der Waals surface area contributed by atoms with Gasteiger partial charge < -0.3 is 5.32 Å². The van der Waals surface area contributed by atoms with Gasteiger partial charge in [-0.3, -0.25) is 9.10 Å². The van der Waals surface area contributed by atoms with Crippen LogP contribution in [0.5, 0.6) is 0 Å². The molecule has 1 aliphatic rings. The Hall–Kier alpha value is -2.05. The number of halogens is 1. The van der Waals surface area contributed by atoms with Gasteiger partial charge in [-0.15, -0.1) is 0 Å². The number of sulfonamides is 1. The van der Waals surface area contributed by atoms with Crippen LogP contribution < -0.4 is 9.62 Å². The van der Waals surface area contributed by atoms with Crippen molar-refractivity contribution in [3.05, 3.63) is 58.6 Å². The maximum absolute atomic E-state index is 12.2. The van der Waals surface area contributed by atoms with Gasteiger partial charge in [-0.1, -0.05) is 29.8 Å². The summed E-state index contributed by atoms with van der Waals surface area (Å²) in [4.78, 5) is 12.2. The minimum absolute atomic E-state index is 0.119. The van der Waals surface area contributed by atoms with E-state index >= 15 is 0 Å². The van der Waals surface area contributed by atoms with E-state index in [1.807, 2.05) is 30.3 Å². The molecule has 1 N–H and O–H groups in total. The average Bonchev–Trinajstić information content (AvgIpc) is 2.58. The van der Waals surface area contributed by atoms with Crippen LogP contribution in [0.4, 0.5) is 11.4 Å². The van der Waals surface area contributed by atoms with E-state index < -0.39 is 10.0 Å². The Morgan fingerprint density at radius 3 is 2.77 bits per heavy atom. The number of benzene rings is 2. The van der Waals surface area contributed by atoms with Crippen molar-refractivity contribution in [2.24, 2.45) is 0 Å². The summed E-state index contributed by atoms with van der Waals surface area (Å²) in [6, 6.07) is 12.9. The lowest BCUT2D eigenvalue weighted by Crippen LogP contribution is -2.34. The van der Waals surface area contributed by atoms with Gasteiger partial charge in [-0.05, 0) is 54.7 Å². The summed E-state index contributed by atoms with van der Waals surface area (Å²) in [5.41, 5.74) is 3.25. The van der Waals surface area contributed by atoms with Crippen molar-refractivity contribution in [1.29, 1.82) is 0 Å². The SMILES string of the molecule is CS(=O)(=O)N1CCCc2ccc(NC(=O)CCc3cccc(Cl)c3)cc21. The molecule has 1 heterocycles. The highest BCUT2D eigenvalue weighted by Crippen LogP contribution is 2.31. The van der Waals surface area contributed by atoms with Gasteiger partial charge in [0.15, 0.2) is 0 Å². The molecule has 0 unspecified atom stereocenters. The fourth-order valence-electron chi connectivity index (χ4n) is 3.14. The van der Waals surface area contributed by atoms with Gasteiger partial charge in [-0.2, -0.15) is 0 Å². The summed E-state index contributed by atoms with van der Waals surface area (Å²) in [5.74, 6) is -0.119. The fraction of sp³-hybridized carbons (Fsp3) is 0.316. The van der Waals surface area contributed by atoms with Crippen LogP contribution >= 0.6 is 11.6 Å². The third-order valence-electron chi connectivity index (χ3n) is 4.38. The van der Waals surface area contributed by atoms with Crippen molar-refractivity contribution in [1.82, 2.24) is 0 Å². The maximum atomic E-state index is 12.2. The molecule has 7 heteroatoms. The van der Waals surface area contributed by atoms with Gasteiger partial charge in [0.1, 0.15) is 0 Å². The zero-order chi connectivity index (χ0) is 18.7. The molecule has 0 spiro atoms. The first-order chi connectivity index (χ1) is 12.3. The number of hydrogen-bond donors (Lipinski definition) is 1. The van der Waals surface area contributed by atoms with E-state index in [-0.39, 0.29) is 5.91 Å². The van der Waals surface area contributed by atoms with E-state index in [0.717, 1.165) is 24.0 Å². The summed E-state index contributed by atoms with van der Waals surface area (Å²) >= 11 is 5.95. The Balaban J connectivity index is 1.69. The molecule has 0 fully saturated rings. The molecule has 3 rings (SSSR count). The van der Waals surface area contributed by atoms with E-state index in [0.29, 0.717) is 35.8 Å². The molecule has 1 amide bonds. The molecule has 5 nitrogen and oxygen atoms in total. The second kappa shape index (κ2) is 7.68. The first-order valence-corrected chi connectivity index (χ1v) is 10.7. The number of carbonyl (C=O) groups excluding carboxylic acids is 1. The Labute approximate surface area is 159 Å². The first-order valence-electron chi connectivity index (χ1n) is 8.48. The quantitative estimate of drug-likeness (QED) is 0.844. The van der Waals surface area contributed by atoms with Crippen molar-refractivity contribution in [2.45, 2.75) is 25.7 Å². The molecular formula is C19H21ClN2O3S. The molecule has 0 aliphatic carbocycles. The molecule has 0 bridgehead atoms. The number of anilines is 2. The predicted octanol–water partition coefficient (Wildman–Crippen LogP) is 3.62. The number of nitrogens with one attached hydrogen (secondary N) is 1. The number of fused-ring (bicyclic) bond motifs is 1. The zero-order valence-electron chi connectivity index (χ0n) is 14.5. The minimum atomic E-state index is -3.33. The molecule has 2 aromatic carbocycles. The maximum Gasteiger partial charge on any atom is 0.232 e. The highest BCUT2D eigenvalue weighted by atomic mass is 35.5. The summed E-state index contributed by atoms with van der Waals surface area (Å²) in [7, 11) is -3.33. The lowest BCUT2D eigenvalue weighted by molar-refractivity contribution is -0.116. The van der Waals surface area contributed by atoms with Crippen molar-refractivity contribution >= 4 is 38.9 Å². The molecular weight excluding hydrogens is 372 g/mol. The van der Waals surface area contributed by atoms with Crippen LogP contribution in [0.2, 0.25) is 5.02 Å². The minimum Gasteiger partial charge on any atom is -0.326 e. The molecule has 26 heavy (non-hydrogen) atoms. The van der Waals surface area contributed by atoms with E-state index in [4.69, 9.17) is 11.6 Å². The number of aryl methyl sites for hydroxylation is 2. The lowest BCUT2D eigenvalue weighted by Gasteiger charge is -2.29. The second-order valence-corrected chi connectivity index (χ2v) is 8.80. The van der Waals surface area contributed by atoms with Crippen LogP contribution in [0.25, 0.3) is 0 Å². The number of rotatable bonds is 5. The third kappa shape index (κ3) is 4.56. The van der Waals surface area contributed by atoms with Crippen molar-refractivity contribution < 1.29 is 13.2 Å². The summed E-state index contributed by atoms with van der Waals surface area (Å²) in [6.07, 6.45) is 3.76. The van der Waals surface area contributed by atoms with E-state index in [1.54, 1.807) is 12.1 Å². The number of carbonyl (C=O) groups is 1. The number of amides is 1. The van der Waals surface area contributed by atoms with Crippen molar-refractivity contribution in [2.75, 3.05) is 22.4 Å². The Bertz CT molecular complexity index is 928. The van der Waals surface area contributed by atoms with Crippen LogP contribution in [-0.4, -0.2) is 27.1 Å². The molecule has 0 aromatic heterocycles. The molecule has 0 saturated heterocycles. The summed E-state index contributed by atoms with van der Waals surface area (Å²) in [6.45, 7) is 0.470. The summed E-state index contributed by atoms with van der Waals surface area (Å²) < 4.78 is 25.4. The predicted molar refractivity (Wildman–Crippen MR) is 105 cm³/mol. The van der Waals surface area contributed by atoms with Crippen LogP contribution in [-0.2, 0) is 27.7 Å². The molecule has 0 atom stereocenters. The average molecular weight is 393 g/mol. The van der Waals surface area contributed by atoms with E-state index in [1.165, 1.54) is 10.6 Å². The normalized spacial score (nSPS) is 14.0. The van der Waals surface area contributed by atoms with Crippen LogP contribution in [0, 0.1) is 0 Å². The van der Waals surface area contributed by atoms with Gasteiger partial charge >= 0.3 is 0 Å². The monoisotopic (exact) mass is 392 g/mol. The van der Waals surface area contributed by atoms with E-state index in [2.05, 4.69) is 5.32 Å². The van der Waals surface area contributed by atoms with Crippen LogP contribution in [0.15, 0.2) is 42.5 Å². The van der Waals surface area contributed by atoms with Gasteiger partial charge in [0.05, 0.1) is 11.9 Å². The molecule has 2 aromatic rings. The molecule has 0 saturated carbocycles. The highest BCUT2D eigenvalue weighted by molar-refractivity contribution is 7.92. The number of hydrogen-bond acceptors (Lipinski definition) is 3. The first kappa shape index (κ1) is 18.7. The largest absolute Gasteiger partial charge is 0.326 e. The van der Waals surface area contributed by atoms with Crippen molar-refractivity contribution in [3.8, 4) is 0 Å². The second-order valence-electron chi connectivity index (χ2n) is 6.46. The molecule has 1 aliphatic heterocycles. The Morgan fingerprint density at radius 2 is 2.04 bits per heavy atom. The molecule has 138 valence electrons. The van der Waals surface area contributed by atoms with E-state index in [9.17, 15) is 13.2 Å². The third-order valence-corrected chi connectivity index (χ3v) is 5.79. The topological polar surface area (TPSA) is 66.5 Å². The van der Waals surface area contributed by atoms with Crippen LogP contribution in [0.1, 0.15) is 24.0 Å². The standard InChI is InChI=1S/C19H21ClN2O3S/c1-26(24,25)22-11-3-5-15-8-9-17(13-18(15)22)21-19(23)10-7-14-4-2-6-16(20)12-14/h2,4,6,8-9,12-13H,3,5,7,10-11H2,1H3,(H,21,23). The van der Waals surface area contributed by atoms with Gasteiger partial charge in [-0.25, -0.2) is 8.42 Å². The van der Waals surface area contributed by atoms with Crippen molar-refractivity contribution in [3.63, 3.8) is 0 Å². The van der Waals surface area contributed by atoms with Gasteiger partial charge in [0, 0.05) is 23.7 Å². The Kier molecular flexibility index (Phi) is 5.53. The smallest absolute Gasteiger partial charge is 0.232 e. The summed E-state index contributed by atoms with van der Waals surface area (Å²) in [5, 5.41) is 3.51. The fourth-order valence-corrected chi connectivity index (χ4v) is 4.34. The zero-order valence-corrected chi connectivity index (χ0v) is 16.1.